The maximum atomic E-state index is 6.15. The molecule has 0 saturated carbocycles. The van der Waals surface area contributed by atoms with Crippen molar-refractivity contribution in [3.05, 3.63) is 235 Å². The molecule has 0 fully saturated rings. The summed E-state index contributed by atoms with van der Waals surface area (Å²) in [5.41, 5.74) is 14.5. The normalized spacial score (nSPS) is 11.1. The van der Waals surface area contributed by atoms with Gasteiger partial charge in [0.15, 0.2) is 0 Å². The summed E-state index contributed by atoms with van der Waals surface area (Å²) in [5.74, 6) is 0. The Kier molecular flexibility index (Phi) is 8.24. The molecule has 2 heteroatoms. The van der Waals surface area contributed by atoms with Gasteiger partial charge in [0.1, 0.15) is 11.2 Å². The second kappa shape index (κ2) is 13.8. The molecule has 9 aromatic rings. The summed E-state index contributed by atoms with van der Waals surface area (Å²) in [7, 11) is 0. The summed E-state index contributed by atoms with van der Waals surface area (Å²) in [6.45, 7) is 0. The molecule has 0 N–H and O–H groups in total. The first kappa shape index (κ1) is 31.1. The molecule has 0 aliphatic rings. The van der Waals surface area contributed by atoms with E-state index in [2.05, 4.69) is 205 Å². The van der Waals surface area contributed by atoms with Crippen LogP contribution in [0.4, 0.5) is 17.1 Å². The van der Waals surface area contributed by atoms with E-state index in [1.165, 1.54) is 39.0 Å². The Labute approximate surface area is 304 Å². The van der Waals surface area contributed by atoms with Crippen LogP contribution in [0, 0.1) is 0 Å². The molecule has 0 atom stereocenters. The monoisotopic (exact) mass is 665 g/mol. The van der Waals surface area contributed by atoms with Crippen LogP contribution in [0.2, 0.25) is 0 Å². The van der Waals surface area contributed by atoms with Crippen molar-refractivity contribution in [3.63, 3.8) is 0 Å². The van der Waals surface area contributed by atoms with Gasteiger partial charge < -0.3 is 9.32 Å². The van der Waals surface area contributed by atoms with Crippen LogP contribution in [-0.2, 0) is 0 Å². The number of rotatable bonds is 8. The van der Waals surface area contributed by atoms with Crippen LogP contribution in [0.3, 0.4) is 0 Å². The topological polar surface area (TPSA) is 16.4 Å². The van der Waals surface area contributed by atoms with Crippen molar-refractivity contribution in [2.75, 3.05) is 4.90 Å². The first-order chi connectivity index (χ1) is 25.8. The Hall–Kier alpha value is -6.90. The summed E-state index contributed by atoms with van der Waals surface area (Å²) < 4.78 is 6.15. The molecular formula is C50H35NO. The Balaban J connectivity index is 1.10. The predicted octanol–water partition coefficient (Wildman–Crippen LogP) is 13.7. The molecular weight excluding hydrogens is 631 g/mol. The molecule has 246 valence electrons. The zero-order valence-corrected chi connectivity index (χ0v) is 28.6. The quantitative estimate of drug-likeness (QED) is 0.150. The van der Waals surface area contributed by atoms with Gasteiger partial charge in [-0.05, 0) is 93.1 Å². The van der Waals surface area contributed by atoms with Gasteiger partial charge in [0.05, 0.1) is 0 Å². The Morgan fingerprint density at radius 1 is 0.308 bits per heavy atom. The van der Waals surface area contributed by atoms with Crippen LogP contribution in [0.25, 0.3) is 44.2 Å². The number of furan rings is 1. The molecule has 8 aromatic carbocycles. The molecule has 2 nitrogen and oxygen atoms in total. The first-order valence-electron chi connectivity index (χ1n) is 17.7. The van der Waals surface area contributed by atoms with Gasteiger partial charge >= 0.3 is 0 Å². The second-order valence-corrected chi connectivity index (χ2v) is 12.9. The lowest BCUT2D eigenvalue weighted by atomic mass is 9.85. The SMILES string of the molecule is c1ccc(C(=C(c2ccccc2)c2ccc(-c3ccc(N(c4ccccc4)c4ccc5oc6ccccc6c5c4)cc3)cc2)c2ccccc2)cc1. The van der Waals surface area contributed by atoms with Crippen molar-refractivity contribution in [1.29, 1.82) is 0 Å². The van der Waals surface area contributed by atoms with Crippen molar-refractivity contribution in [2.45, 2.75) is 0 Å². The molecule has 0 unspecified atom stereocenters. The maximum absolute atomic E-state index is 6.15. The van der Waals surface area contributed by atoms with E-state index >= 15 is 0 Å². The molecule has 52 heavy (non-hydrogen) atoms. The zero-order chi connectivity index (χ0) is 34.7. The summed E-state index contributed by atoms with van der Waals surface area (Å²) in [4.78, 5) is 2.31. The second-order valence-electron chi connectivity index (χ2n) is 12.9. The van der Waals surface area contributed by atoms with Gasteiger partial charge in [0.2, 0.25) is 0 Å². The lowest BCUT2D eigenvalue weighted by Gasteiger charge is -2.25. The number of nitrogens with zero attached hydrogens (tertiary/aromatic N) is 1. The van der Waals surface area contributed by atoms with Gasteiger partial charge in [0, 0.05) is 27.8 Å². The van der Waals surface area contributed by atoms with Gasteiger partial charge in [0.25, 0.3) is 0 Å². The van der Waals surface area contributed by atoms with E-state index in [0.29, 0.717) is 0 Å². The molecule has 1 aromatic heterocycles. The van der Waals surface area contributed by atoms with Gasteiger partial charge in [-0.15, -0.1) is 0 Å². The Bertz CT molecular complexity index is 2580. The average molecular weight is 666 g/mol. The van der Waals surface area contributed by atoms with Crippen molar-refractivity contribution in [3.8, 4) is 11.1 Å². The van der Waals surface area contributed by atoms with Crippen LogP contribution in [0.5, 0.6) is 0 Å². The lowest BCUT2D eigenvalue weighted by molar-refractivity contribution is 0.669. The highest BCUT2D eigenvalue weighted by Gasteiger charge is 2.18. The maximum Gasteiger partial charge on any atom is 0.135 e. The molecule has 0 aliphatic heterocycles. The number of anilines is 3. The summed E-state index contributed by atoms with van der Waals surface area (Å²) in [6, 6.07) is 75.3. The summed E-state index contributed by atoms with van der Waals surface area (Å²) >= 11 is 0. The van der Waals surface area contributed by atoms with E-state index in [-0.39, 0.29) is 0 Å². The predicted molar refractivity (Wildman–Crippen MR) is 218 cm³/mol. The third-order valence-corrected chi connectivity index (χ3v) is 9.70. The summed E-state index contributed by atoms with van der Waals surface area (Å²) in [6.07, 6.45) is 0. The summed E-state index contributed by atoms with van der Waals surface area (Å²) in [5, 5.41) is 2.23. The number of hydrogen-bond acceptors (Lipinski definition) is 2. The van der Waals surface area contributed by atoms with Crippen molar-refractivity contribution >= 4 is 50.1 Å². The molecule has 0 saturated heterocycles. The van der Waals surface area contributed by atoms with Gasteiger partial charge in [-0.25, -0.2) is 0 Å². The van der Waals surface area contributed by atoms with Crippen LogP contribution >= 0.6 is 0 Å². The average Bonchev–Trinajstić information content (AvgIpc) is 3.60. The van der Waals surface area contributed by atoms with Crippen LogP contribution in [-0.4, -0.2) is 0 Å². The van der Waals surface area contributed by atoms with Gasteiger partial charge in [-0.1, -0.05) is 164 Å². The Morgan fingerprint density at radius 2 is 0.712 bits per heavy atom. The number of para-hydroxylation sites is 2. The molecule has 0 aliphatic carbocycles. The van der Waals surface area contributed by atoms with Crippen molar-refractivity contribution in [1.82, 2.24) is 0 Å². The fraction of sp³-hybridized carbons (Fsp3) is 0. The lowest BCUT2D eigenvalue weighted by Crippen LogP contribution is -2.09. The van der Waals surface area contributed by atoms with Gasteiger partial charge in [-0.2, -0.15) is 0 Å². The number of hydrogen-bond donors (Lipinski definition) is 0. The van der Waals surface area contributed by atoms with Crippen molar-refractivity contribution < 1.29 is 4.42 Å². The molecule has 1 heterocycles. The molecule has 0 spiro atoms. The zero-order valence-electron chi connectivity index (χ0n) is 28.6. The van der Waals surface area contributed by atoms with Crippen LogP contribution in [0.15, 0.2) is 217 Å². The van der Waals surface area contributed by atoms with Crippen LogP contribution in [0.1, 0.15) is 22.3 Å². The third-order valence-electron chi connectivity index (χ3n) is 9.70. The highest BCUT2D eigenvalue weighted by Crippen LogP contribution is 2.40. The molecule has 0 radical (unpaired) electrons. The highest BCUT2D eigenvalue weighted by molar-refractivity contribution is 6.07. The minimum atomic E-state index is 0.890. The minimum Gasteiger partial charge on any atom is -0.456 e. The first-order valence-corrected chi connectivity index (χ1v) is 17.7. The number of benzene rings is 8. The van der Waals surface area contributed by atoms with Crippen molar-refractivity contribution in [2.24, 2.45) is 0 Å². The van der Waals surface area contributed by atoms with E-state index in [1.807, 2.05) is 12.1 Å². The highest BCUT2D eigenvalue weighted by atomic mass is 16.3. The molecule has 0 bridgehead atoms. The van der Waals surface area contributed by atoms with Crippen LogP contribution < -0.4 is 4.90 Å². The van der Waals surface area contributed by atoms with E-state index in [0.717, 1.165) is 44.6 Å². The standard InChI is InChI=1S/C50H35NO/c1-5-15-38(16-6-1)49(39-17-7-2-8-18-39)50(40-19-9-3-10-20-40)41-27-25-36(26-28-41)37-29-31-43(32-30-37)51(42-21-11-4-12-22-42)44-33-34-48-46(35-44)45-23-13-14-24-47(45)52-48/h1-35H. The largest absolute Gasteiger partial charge is 0.456 e. The smallest absolute Gasteiger partial charge is 0.135 e. The van der Waals surface area contributed by atoms with E-state index in [4.69, 9.17) is 4.42 Å². The van der Waals surface area contributed by atoms with Gasteiger partial charge in [-0.3, -0.25) is 0 Å². The van der Waals surface area contributed by atoms with E-state index < -0.39 is 0 Å². The fourth-order valence-electron chi connectivity index (χ4n) is 7.23. The minimum absolute atomic E-state index is 0.890. The Morgan fingerprint density at radius 3 is 1.27 bits per heavy atom. The van der Waals surface area contributed by atoms with E-state index in [9.17, 15) is 0 Å². The third kappa shape index (κ3) is 5.97. The van der Waals surface area contributed by atoms with E-state index in [1.54, 1.807) is 0 Å². The fourth-order valence-corrected chi connectivity index (χ4v) is 7.23. The molecule has 0 amide bonds. The molecule has 9 rings (SSSR count). The number of fused-ring (bicyclic) bond motifs is 3.